The number of anilines is 1. The number of nitrogens with zero attached hydrogens (tertiary/aromatic N) is 3. The van der Waals surface area contributed by atoms with E-state index in [0.29, 0.717) is 18.3 Å². The Kier molecular flexibility index (Phi) is 7.70. The molecule has 3 heterocycles. The van der Waals surface area contributed by atoms with Crippen LogP contribution in [0.25, 0.3) is 0 Å². The zero-order valence-corrected chi connectivity index (χ0v) is 18.1. The van der Waals surface area contributed by atoms with E-state index in [4.69, 9.17) is 4.42 Å². The average molecular weight is 413 g/mol. The van der Waals surface area contributed by atoms with Gasteiger partial charge in [-0.25, -0.2) is 4.98 Å². The Morgan fingerprint density at radius 3 is 2.63 bits per heavy atom. The minimum atomic E-state index is -0.171. The van der Waals surface area contributed by atoms with Crippen LogP contribution >= 0.6 is 0 Å². The van der Waals surface area contributed by atoms with Crippen LogP contribution in [0.15, 0.2) is 39.9 Å². The summed E-state index contributed by atoms with van der Waals surface area (Å²) >= 11 is 0. The molecule has 1 amide bonds. The van der Waals surface area contributed by atoms with Crippen LogP contribution in [0, 0.1) is 13.8 Å². The van der Waals surface area contributed by atoms with Crippen LogP contribution in [0.3, 0.4) is 0 Å². The lowest BCUT2D eigenvalue weighted by Crippen LogP contribution is -2.49. The van der Waals surface area contributed by atoms with Gasteiger partial charge in [-0.2, -0.15) is 0 Å². The first-order valence-corrected chi connectivity index (χ1v) is 10.5. The number of amides is 1. The van der Waals surface area contributed by atoms with Crippen molar-refractivity contribution in [3.63, 3.8) is 0 Å². The molecule has 1 fully saturated rings. The van der Waals surface area contributed by atoms with Gasteiger partial charge in [0.15, 0.2) is 11.7 Å². The second-order valence-electron chi connectivity index (χ2n) is 7.58. The molecular formula is C22H32N6O2. The van der Waals surface area contributed by atoms with E-state index in [1.807, 2.05) is 19.9 Å². The molecule has 8 nitrogen and oxygen atoms in total. The maximum atomic E-state index is 12.0. The summed E-state index contributed by atoms with van der Waals surface area (Å²) in [5, 5.41) is 9.71. The second kappa shape index (κ2) is 10.7. The lowest BCUT2D eigenvalue weighted by Gasteiger charge is -2.34. The van der Waals surface area contributed by atoms with Crippen LogP contribution in [0.1, 0.15) is 41.1 Å². The molecule has 0 saturated carbocycles. The van der Waals surface area contributed by atoms with E-state index < -0.39 is 0 Å². The van der Waals surface area contributed by atoms with Gasteiger partial charge in [0.25, 0.3) is 5.91 Å². The Bertz CT molecular complexity index is 855. The number of carbonyl (C=O) groups excluding carboxylic acids is 1. The van der Waals surface area contributed by atoms with Crippen LogP contribution in [0.4, 0.5) is 5.82 Å². The number of aliphatic imine (C=N–C) groups is 1. The highest BCUT2D eigenvalue weighted by Crippen LogP contribution is 2.18. The number of aromatic nitrogens is 1. The third-order valence-electron chi connectivity index (χ3n) is 5.26. The lowest BCUT2D eigenvalue weighted by molar-refractivity contribution is 0.0925. The summed E-state index contributed by atoms with van der Waals surface area (Å²) in [6, 6.07) is 8.34. The molecule has 0 aromatic carbocycles. The van der Waals surface area contributed by atoms with Gasteiger partial charge >= 0.3 is 0 Å². The molecule has 3 N–H and O–H groups in total. The predicted molar refractivity (Wildman–Crippen MR) is 119 cm³/mol. The minimum absolute atomic E-state index is 0.171. The standard InChI is InChI=1S/C22H32N6O2/c1-16-10-15-30-20(16)21(29)24-11-5-12-25-22(23-3)27-18-8-13-28(14-9-18)19-7-4-6-17(2)26-19/h4,6-7,10,15,18H,5,8-9,11-14H2,1-3H3,(H,24,29)(H2,23,25,27). The SMILES string of the molecule is CN=C(NCCCNC(=O)c1occc1C)NC1CCN(c2cccc(C)n2)CC1. The first-order chi connectivity index (χ1) is 14.6. The van der Waals surface area contributed by atoms with Crippen molar-refractivity contribution < 1.29 is 9.21 Å². The van der Waals surface area contributed by atoms with Crippen molar-refractivity contribution in [3.05, 3.63) is 47.5 Å². The third kappa shape index (κ3) is 5.98. The number of carbonyl (C=O) groups is 1. The van der Waals surface area contributed by atoms with Crippen molar-refractivity contribution in [3.8, 4) is 0 Å². The maximum absolute atomic E-state index is 12.0. The molecule has 0 aliphatic carbocycles. The molecule has 1 aliphatic rings. The van der Waals surface area contributed by atoms with E-state index in [2.05, 4.69) is 43.0 Å². The summed E-state index contributed by atoms with van der Waals surface area (Å²) in [6.45, 7) is 7.13. The summed E-state index contributed by atoms with van der Waals surface area (Å²) in [5.41, 5.74) is 1.90. The van der Waals surface area contributed by atoms with Gasteiger partial charge in [0.1, 0.15) is 5.82 Å². The molecule has 1 aliphatic heterocycles. The minimum Gasteiger partial charge on any atom is -0.459 e. The fourth-order valence-electron chi connectivity index (χ4n) is 3.53. The monoisotopic (exact) mass is 412 g/mol. The molecule has 3 rings (SSSR count). The van der Waals surface area contributed by atoms with E-state index >= 15 is 0 Å². The molecule has 0 atom stereocenters. The topological polar surface area (TPSA) is 94.8 Å². The third-order valence-corrected chi connectivity index (χ3v) is 5.26. The molecule has 162 valence electrons. The largest absolute Gasteiger partial charge is 0.459 e. The van der Waals surface area contributed by atoms with Gasteiger partial charge in [-0.1, -0.05) is 6.07 Å². The highest BCUT2D eigenvalue weighted by molar-refractivity contribution is 5.92. The summed E-state index contributed by atoms with van der Waals surface area (Å²) < 4.78 is 5.20. The Hall–Kier alpha value is -3.03. The van der Waals surface area contributed by atoms with Gasteiger partial charge in [-0.15, -0.1) is 0 Å². The average Bonchev–Trinajstić information content (AvgIpc) is 3.19. The van der Waals surface area contributed by atoms with Crippen molar-refractivity contribution in [2.45, 2.75) is 39.2 Å². The lowest BCUT2D eigenvalue weighted by atomic mass is 10.1. The van der Waals surface area contributed by atoms with E-state index in [9.17, 15) is 4.79 Å². The molecule has 2 aromatic heterocycles. The summed E-state index contributed by atoms with van der Waals surface area (Å²) in [5.74, 6) is 2.07. The number of aryl methyl sites for hydroxylation is 2. The Morgan fingerprint density at radius 1 is 1.20 bits per heavy atom. The van der Waals surface area contributed by atoms with E-state index in [0.717, 1.165) is 61.9 Å². The smallest absolute Gasteiger partial charge is 0.287 e. The Balaban J connectivity index is 1.33. The number of rotatable bonds is 7. The van der Waals surface area contributed by atoms with Crippen LogP contribution in [-0.2, 0) is 0 Å². The van der Waals surface area contributed by atoms with Gasteiger partial charge in [-0.05, 0) is 51.3 Å². The Morgan fingerprint density at radius 2 is 1.97 bits per heavy atom. The van der Waals surface area contributed by atoms with E-state index in [1.54, 1.807) is 13.1 Å². The maximum Gasteiger partial charge on any atom is 0.287 e. The van der Waals surface area contributed by atoms with Crippen molar-refractivity contribution >= 4 is 17.7 Å². The Labute approximate surface area is 178 Å². The fraction of sp³-hybridized carbons (Fsp3) is 0.500. The molecule has 0 bridgehead atoms. The number of hydrogen-bond donors (Lipinski definition) is 3. The first kappa shape index (κ1) is 21.7. The first-order valence-electron chi connectivity index (χ1n) is 10.5. The number of guanidine groups is 1. The molecule has 0 radical (unpaired) electrons. The van der Waals surface area contributed by atoms with Gasteiger partial charge in [0.05, 0.1) is 6.26 Å². The molecular weight excluding hydrogens is 380 g/mol. The van der Waals surface area contributed by atoms with E-state index in [-0.39, 0.29) is 5.91 Å². The van der Waals surface area contributed by atoms with Gasteiger partial charge in [0, 0.05) is 50.5 Å². The van der Waals surface area contributed by atoms with Crippen molar-refractivity contribution in [1.29, 1.82) is 0 Å². The molecule has 2 aromatic rings. The van der Waals surface area contributed by atoms with Crippen molar-refractivity contribution in [2.24, 2.45) is 4.99 Å². The van der Waals surface area contributed by atoms with Gasteiger partial charge in [-0.3, -0.25) is 9.79 Å². The van der Waals surface area contributed by atoms with Crippen LogP contribution in [-0.4, -0.2) is 56.1 Å². The number of piperidine rings is 1. The zero-order chi connectivity index (χ0) is 21.3. The quantitative estimate of drug-likeness (QED) is 0.367. The van der Waals surface area contributed by atoms with Crippen molar-refractivity contribution in [1.82, 2.24) is 20.9 Å². The van der Waals surface area contributed by atoms with Gasteiger partial charge in [0.2, 0.25) is 0 Å². The number of furan rings is 1. The molecule has 0 unspecified atom stereocenters. The molecule has 0 spiro atoms. The summed E-state index contributed by atoms with van der Waals surface area (Å²) in [7, 11) is 1.78. The molecule has 8 heteroatoms. The number of nitrogens with one attached hydrogen (secondary N) is 3. The van der Waals surface area contributed by atoms with Crippen molar-refractivity contribution in [2.75, 3.05) is 38.1 Å². The van der Waals surface area contributed by atoms with Crippen LogP contribution in [0.5, 0.6) is 0 Å². The van der Waals surface area contributed by atoms with Crippen LogP contribution in [0.2, 0.25) is 0 Å². The van der Waals surface area contributed by atoms with Crippen LogP contribution < -0.4 is 20.9 Å². The van der Waals surface area contributed by atoms with E-state index in [1.165, 1.54) is 6.26 Å². The predicted octanol–water partition coefficient (Wildman–Crippen LogP) is 2.25. The highest BCUT2D eigenvalue weighted by Gasteiger charge is 2.21. The summed E-state index contributed by atoms with van der Waals surface area (Å²) in [4.78, 5) is 23.3. The fourth-order valence-corrected chi connectivity index (χ4v) is 3.53. The number of hydrogen-bond acceptors (Lipinski definition) is 5. The summed E-state index contributed by atoms with van der Waals surface area (Å²) in [6.07, 6.45) is 4.40. The zero-order valence-electron chi connectivity index (χ0n) is 18.1. The van der Waals surface area contributed by atoms with Gasteiger partial charge < -0.3 is 25.3 Å². The molecule has 1 saturated heterocycles. The normalized spacial score (nSPS) is 15.2. The molecule has 30 heavy (non-hydrogen) atoms. The second-order valence-corrected chi connectivity index (χ2v) is 7.58. The highest BCUT2D eigenvalue weighted by atomic mass is 16.3. The number of pyridine rings is 1.